The summed E-state index contributed by atoms with van der Waals surface area (Å²) in [7, 11) is 3.09. The maximum atomic E-state index is 12.5. The molecule has 1 aliphatic carbocycles. The van der Waals surface area contributed by atoms with E-state index in [0.717, 1.165) is 24.2 Å². The topological polar surface area (TPSA) is 91.2 Å². The zero-order chi connectivity index (χ0) is 18.8. The van der Waals surface area contributed by atoms with Crippen molar-refractivity contribution in [2.45, 2.75) is 18.9 Å². The third-order valence-electron chi connectivity index (χ3n) is 4.43. The number of aromatic nitrogens is 4. The van der Waals surface area contributed by atoms with Gasteiger partial charge in [-0.25, -0.2) is 4.68 Å². The molecule has 0 saturated heterocycles. The van der Waals surface area contributed by atoms with Gasteiger partial charge in [0, 0.05) is 16.8 Å². The average molecular weight is 365 g/mol. The van der Waals surface area contributed by atoms with Gasteiger partial charge in [0.1, 0.15) is 0 Å². The maximum absolute atomic E-state index is 12.5. The minimum atomic E-state index is -0.230. The number of rotatable bonds is 6. The lowest BCUT2D eigenvalue weighted by Crippen LogP contribution is -2.12. The van der Waals surface area contributed by atoms with E-state index in [1.165, 1.54) is 7.11 Å². The van der Waals surface area contributed by atoms with Crippen LogP contribution in [-0.2, 0) is 0 Å². The highest BCUT2D eigenvalue weighted by Crippen LogP contribution is 2.36. The molecule has 27 heavy (non-hydrogen) atoms. The first-order valence-electron chi connectivity index (χ1n) is 8.61. The number of ether oxygens (including phenoxy) is 2. The molecule has 0 spiro atoms. The number of methoxy groups -OCH3 is 2. The summed E-state index contributed by atoms with van der Waals surface area (Å²) in [4.78, 5) is 12.5. The highest BCUT2D eigenvalue weighted by molar-refractivity contribution is 6.04. The number of benzene rings is 2. The molecule has 4 rings (SSSR count). The minimum absolute atomic E-state index is 0.230. The number of hydrogen-bond acceptors (Lipinski definition) is 6. The van der Waals surface area contributed by atoms with Gasteiger partial charge in [-0.2, -0.15) is 0 Å². The molecule has 1 aliphatic rings. The number of carbonyl (C=O) groups is 1. The molecule has 0 aliphatic heterocycles. The summed E-state index contributed by atoms with van der Waals surface area (Å²) in [5.41, 5.74) is 2.08. The van der Waals surface area contributed by atoms with Crippen molar-refractivity contribution in [2.75, 3.05) is 19.5 Å². The first kappa shape index (κ1) is 17.0. The highest BCUT2D eigenvalue weighted by Gasteiger charge is 2.28. The molecule has 1 aromatic heterocycles. The number of carbonyl (C=O) groups excluding carboxylic acids is 1. The molecule has 1 amide bonds. The molecule has 1 N–H and O–H groups in total. The van der Waals surface area contributed by atoms with Crippen molar-refractivity contribution in [3.8, 4) is 22.9 Å². The third kappa shape index (κ3) is 3.46. The normalized spacial score (nSPS) is 13.3. The molecular weight excluding hydrogens is 346 g/mol. The van der Waals surface area contributed by atoms with Gasteiger partial charge in [0.25, 0.3) is 5.91 Å². The summed E-state index contributed by atoms with van der Waals surface area (Å²) in [6.45, 7) is 0. The molecule has 0 atom stereocenters. The number of tetrazole rings is 1. The van der Waals surface area contributed by atoms with Gasteiger partial charge in [-0.15, -0.1) is 5.10 Å². The quantitative estimate of drug-likeness (QED) is 0.722. The number of nitrogens with zero attached hydrogens (tertiary/aromatic N) is 4. The van der Waals surface area contributed by atoms with E-state index in [-0.39, 0.29) is 5.91 Å². The molecule has 1 fully saturated rings. The molecule has 138 valence electrons. The minimum Gasteiger partial charge on any atom is -0.493 e. The Labute approximate surface area is 156 Å². The Balaban J connectivity index is 1.50. The smallest absolute Gasteiger partial charge is 0.255 e. The SMILES string of the molecule is COc1ccc(C(=O)Nc2ccc(-c3nnnn3C3CC3)cc2)cc1OC. The molecule has 1 heterocycles. The Morgan fingerprint density at radius 2 is 1.81 bits per heavy atom. The second-order valence-electron chi connectivity index (χ2n) is 6.28. The van der Waals surface area contributed by atoms with E-state index in [2.05, 4.69) is 20.8 Å². The van der Waals surface area contributed by atoms with E-state index in [1.807, 2.05) is 28.9 Å². The van der Waals surface area contributed by atoms with E-state index in [0.29, 0.717) is 28.8 Å². The van der Waals surface area contributed by atoms with E-state index < -0.39 is 0 Å². The number of amides is 1. The predicted molar refractivity (Wildman–Crippen MR) is 99.0 cm³/mol. The molecule has 3 aromatic rings. The fourth-order valence-corrected chi connectivity index (χ4v) is 2.83. The van der Waals surface area contributed by atoms with Gasteiger partial charge < -0.3 is 14.8 Å². The average Bonchev–Trinajstić information content (AvgIpc) is 3.44. The zero-order valence-corrected chi connectivity index (χ0v) is 15.0. The summed E-state index contributed by atoms with van der Waals surface area (Å²) in [5, 5.41) is 14.8. The van der Waals surface area contributed by atoms with Crippen LogP contribution in [0.25, 0.3) is 11.4 Å². The number of anilines is 1. The van der Waals surface area contributed by atoms with Gasteiger partial charge >= 0.3 is 0 Å². The molecular formula is C19H19N5O3. The summed E-state index contributed by atoms with van der Waals surface area (Å²) in [6.07, 6.45) is 2.22. The van der Waals surface area contributed by atoms with Crippen LogP contribution in [0.15, 0.2) is 42.5 Å². The third-order valence-corrected chi connectivity index (χ3v) is 4.43. The van der Waals surface area contributed by atoms with E-state index in [4.69, 9.17) is 9.47 Å². The monoisotopic (exact) mass is 365 g/mol. The second kappa shape index (κ2) is 7.06. The van der Waals surface area contributed by atoms with Gasteiger partial charge in [-0.1, -0.05) is 0 Å². The Morgan fingerprint density at radius 1 is 1.07 bits per heavy atom. The lowest BCUT2D eigenvalue weighted by molar-refractivity contribution is 0.102. The molecule has 1 saturated carbocycles. The summed E-state index contributed by atoms with van der Waals surface area (Å²) in [5.74, 6) is 1.60. The van der Waals surface area contributed by atoms with Crippen LogP contribution in [0.4, 0.5) is 5.69 Å². The maximum Gasteiger partial charge on any atom is 0.255 e. The van der Waals surface area contributed by atoms with Crippen molar-refractivity contribution in [1.29, 1.82) is 0 Å². The van der Waals surface area contributed by atoms with Crippen molar-refractivity contribution in [3.05, 3.63) is 48.0 Å². The van der Waals surface area contributed by atoms with E-state index in [1.54, 1.807) is 25.3 Å². The van der Waals surface area contributed by atoms with Crippen LogP contribution in [0, 0.1) is 0 Å². The largest absolute Gasteiger partial charge is 0.493 e. The molecule has 0 unspecified atom stereocenters. The van der Waals surface area contributed by atoms with Crippen molar-refractivity contribution in [2.24, 2.45) is 0 Å². The first-order valence-corrected chi connectivity index (χ1v) is 8.61. The molecule has 0 bridgehead atoms. The standard InChI is InChI=1S/C19H19N5O3/c1-26-16-10-5-13(11-17(16)27-2)19(25)20-14-6-3-12(4-7-14)18-21-22-23-24(18)15-8-9-15/h3-7,10-11,15H,8-9H2,1-2H3,(H,20,25). The van der Waals surface area contributed by atoms with Crippen molar-refractivity contribution < 1.29 is 14.3 Å². The van der Waals surface area contributed by atoms with Crippen LogP contribution in [0.3, 0.4) is 0 Å². The molecule has 8 heteroatoms. The zero-order valence-electron chi connectivity index (χ0n) is 15.0. The van der Waals surface area contributed by atoms with E-state index in [9.17, 15) is 4.79 Å². The van der Waals surface area contributed by atoms with Crippen LogP contribution in [0.2, 0.25) is 0 Å². The van der Waals surface area contributed by atoms with Crippen LogP contribution in [0.5, 0.6) is 11.5 Å². The van der Waals surface area contributed by atoms with Crippen LogP contribution < -0.4 is 14.8 Å². The Bertz CT molecular complexity index is 964. The van der Waals surface area contributed by atoms with Gasteiger partial charge in [0.2, 0.25) is 0 Å². The predicted octanol–water partition coefficient (Wildman–Crippen LogP) is 2.94. The van der Waals surface area contributed by atoms with Crippen molar-refractivity contribution >= 4 is 11.6 Å². The van der Waals surface area contributed by atoms with Crippen LogP contribution in [-0.4, -0.2) is 40.3 Å². The van der Waals surface area contributed by atoms with Crippen LogP contribution >= 0.6 is 0 Å². The fourth-order valence-electron chi connectivity index (χ4n) is 2.83. The molecule has 8 nitrogen and oxygen atoms in total. The van der Waals surface area contributed by atoms with Gasteiger partial charge in [0.15, 0.2) is 17.3 Å². The van der Waals surface area contributed by atoms with E-state index >= 15 is 0 Å². The highest BCUT2D eigenvalue weighted by atomic mass is 16.5. The second-order valence-corrected chi connectivity index (χ2v) is 6.28. The fraction of sp³-hybridized carbons (Fsp3) is 0.263. The first-order chi connectivity index (χ1) is 13.2. The summed E-state index contributed by atoms with van der Waals surface area (Å²) in [6, 6.07) is 12.9. The lowest BCUT2D eigenvalue weighted by Gasteiger charge is -2.10. The summed E-state index contributed by atoms with van der Waals surface area (Å²) < 4.78 is 12.3. The Morgan fingerprint density at radius 3 is 2.48 bits per heavy atom. The van der Waals surface area contributed by atoms with Gasteiger partial charge in [0.05, 0.1) is 20.3 Å². The molecule has 2 aromatic carbocycles. The van der Waals surface area contributed by atoms with Crippen molar-refractivity contribution in [3.63, 3.8) is 0 Å². The van der Waals surface area contributed by atoms with Crippen LogP contribution in [0.1, 0.15) is 29.2 Å². The summed E-state index contributed by atoms with van der Waals surface area (Å²) >= 11 is 0. The Hall–Kier alpha value is -3.42. The number of nitrogens with one attached hydrogen (secondary N) is 1. The Kier molecular flexibility index (Phi) is 4.45. The molecule has 0 radical (unpaired) electrons. The number of hydrogen-bond donors (Lipinski definition) is 1. The van der Waals surface area contributed by atoms with Crippen molar-refractivity contribution in [1.82, 2.24) is 20.2 Å². The lowest BCUT2D eigenvalue weighted by atomic mass is 10.1. The van der Waals surface area contributed by atoms with Gasteiger partial charge in [-0.3, -0.25) is 4.79 Å². The van der Waals surface area contributed by atoms with Gasteiger partial charge in [-0.05, 0) is 65.7 Å².